The number of hydrogen-bond donors (Lipinski definition) is 3. The normalized spacial score (nSPS) is 10.5. The van der Waals surface area contributed by atoms with Gasteiger partial charge in [0.05, 0.1) is 65.7 Å². The first-order valence-corrected chi connectivity index (χ1v) is 10.3. The van der Waals surface area contributed by atoms with Crippen LogP contribution in [0.4, 0.5) is 5.69 Å². The Labute approximate surface area is 183 Å². The summed E-state index contributed by atoms with van der Waals surface area (Å²) in [6, 6.07) is 5.22. The Morgan fingerprint density at radius 1 is 0.806 bits per heavy atom. The summed E-state index contributed by atoms with van der Waals surface area (Å²) >= 11 is 0. The summed E-state index contributed by atoms with van der Waals surface area (Å²) in [5.41, 5.74) is 1.34. The van der Waals surface area contributed by atoms with Crippen molar-refractivity contribution in [2.45, 2.75) is 6.92 Å². The van der Waals surface area contributed by atoms with Gasteiger partial charge in [-0.05, 0) is 18.2 Å². The quantitative estimate of drug-likeness (QED) is 0.285. The van der Waals surface area contributed by atoms with E-state index in [2.05, 4.69) is 16.0 Å². The average molecular weight is 442 g/mol. The Kier molecular flexibility index (Phi) is 14.9. The summed E-state index contributed by atoms with van der Waals surface area (Å²) in [5, 5.41) is 8.45. The molecule has 0 radical (unpaired) electrons. The molecule has 0 aliphatic carbocycles. The summed E-state index contributed by atoms with van der Waals surface area (Å²) < 4.78 is 26.8. The number of carbonyl (C=O) groups is 2. The molecule has 0 saturated heterocycles. The van der Waals surface area contributed by atoms with Gasteiger partial charge >= 0.3 is 0 Å². The fourth-order valence-electron chi connectivity index (χ4n) is 2.44. The van der Waals surface area contributed by atoms with Gasteiger partial charge in [0.2, 0.25) is 5.91 Å². The number of benzene rings is 1. The molecular formula is C21H35N3O7. The monoisotopic (exact) mass is 441 g/mol. The van der Waals surface area contributed by atoms with E-state index in [-0.39, 0.29) is 11.8 Å². The first kappa shape index (κ1) is 26.6. The van der Waals surface area contributed by atoms with Gasteiger partial charge in [-0.15, -0.1) is 0 Å². The van der Waals surface area contributed by atoms with Crippen molar-refractivity contribution in [3.63, 3.8) is 0 Å². The lowest BCUT2D eigenvalue weighted by atomic mass is 10.1. The fraction of sp³-hybridized carbons (Fsp3) is 0.619. The van der Waals surface area contributed by atoms with Crippen molar-refractivity contribution < 1.29 is 33.3 Å². The molecule has 1 aromatic carbocycles. The number of methoxy groups -OCH3 is 1. The molecule has 0 spiro atoms. The number of anilines is 1. The molecule has 0 aliphatic rings. The minimum absolute atomic E-state index is 0.0672. The molecule has 31 heavy (non-hydrogen) atoms. The first-order chi connectivity index (χ1) is 15.1. The zero-order chi connectivity index (χ0) is 22.7. The van der Waals surface area contributed by atoms with Crippen LogP contribution < -0.4 is 20.7 Å². The second kappa shape index (κ2) is 17.3. The van der Waals surface area contributed by atoms with Crippen LogP contribution in [0, 0.1) is 0 Å². The number of carbonyl (C=O) groups excluding carboxylic acids is 2. The van der Waals surface area contributed by atoms with Crippen LogP contribution in [0.3, 0.4) is 0 Å². The van der Waals surface area contributed by atoms with Crippen LogP contribution in [-0.4, -0.2) is 91.9 Å². The topological polar surface area (TPSA) is 116 Å². The maximum Gasteiger partial charge on any atom is 0.251 e. The molecule has 0 unspecified atom stereocenters. The molecule has 0 aliphatic heterocycles. The Hall–Kier alpha value is -2.40. The molecule has 1 rings (SSSR count). The highest BCUT2D eigenvalue weighted by Gasteiger charge is 2.09. The van der Waals surface area contributed by atoms with E-state index in [1.54, 1.807) is 32.4 Å². The van der Waals surface area contributed by atoms with Crippen molar-refractivity contribution in [2.75, 3.05) is 85.4 Å². The molecule has 0 bridgehead atoms. The van der Waals surface area contributed by atoms with E-state index in [4.69, 9.17) is 23.7 Å². The van der Waals surface area contributed by atoms with Crippen LogP contribution in [0.15, 0.2) is 18.2 Å². The van der Waals surface area contributed by atoms with Crippen molar-refractivity contribution in [2.24, 2.45) is 0 Å². The highest BCUT2D eigenvalue weighted by molar-refractivity contribution is 5.95. The van der Waals surface area contributed by atoms with Crippen molar-refractivity contribution in [1.82, 2.24) is 10.6 Å². The number of hydrogen-bond acceptors (Lipinski definition) is 8. The highest BCUT2D eigenvalue weighted by atomic mass is 16.6. The average Bonchev–Trinajstić information content (AvgIpc) is 2.77. The summed E-state index contributed by atoms with van der Waals surface area (Å²) in [7, 11) is 3.35. The predicted octanol–water partition coefficient (Wildman–Crippen LogP) is 0.669. The molecule has 2 amide bonds. The Balaban J connectivity index is 1.92. The van der Waals surface area contributed by atoms with Crippen LogP contribution >= 0.6 is 0 Å². The minimum Gasteiger partial charge on any atom is -0.495 e. The van der Waals surface area contributed by atoms with E-state index in [0.717, 1.165) is 5.69 Å². The third kappa shape index (κ3) is 12.8. The third-order valence-corrected chi connectivity index (χ3v) is 4.00. The van der Waals surface area contributed by atoms with Gasteiger partial charge in [0.15, 0.2) is 0 Å². The van der Waals surface area contributed by atoms with Crippen LogP contribution in [0.2, 0.25) is 0 Å². The Morgan fingerprint density at radius 3 is 1.81 bits per heavy atom. The molecule has 3 N–H and O–H groups in total. The molecule has 10 heteroatoms. The van der Waals surface area contributed by atoms with E-state index in [9.17, 15) is 9.59 Å². The van der Waals surface area contributed by atoms with Crippen LogP contribution in [0.25, 0.3) is 0 Å². The van der Waals surface area contributed by atoms with Gasteiger partial charge in [-0.3, -0.25) is 9.59 Å². The molecule has 0 aromatic heterocycles. The van der Waals surface area contributed by atoms with E-state index in [0.29, 0.717) is 77.3 Å². The first-order valence-electron chi connectivity index (χ1n) is 10.3. The lowest BCUT2D eigenvalue weighted by molar-refractivity contribution is -0.119. The van der Waals surface area contributed by atoms with Gasteiger partial charge in [-0.1, -0.05) is 0 Å². The Morgan fingerprint density at radius 2 is 1.32 bits per heavy atom. The largest absolute Gasteiger partial charge is 0.495 e. The fourth-order valence-corrected chi connectivity index (χ4v) is 2.44. The lowest BCUT2D eigenvalue weighted by Crippen LogP contribution is -2.27. The maximum absolute atomic E-state index is 12.2. The van der Waals surface area contributed by atoms with Gasteiger partial charge in [-0.25, -0.2) is 0 Å². The number of nitrogens with one attached hydrogen (secondary N) is 3. The molecule has 0 heterocycles. The van der Waals surface area contributed by atoms with Crippen LogP contribution in [0.5, 0.6) is 5.75 Å². The van der Waals surface area contributed by atoms with E-state index < -0.39 is 0 Å². The van der Waals surface area contributed by atoms with Gasteiger partial charge in [0.1, 0.15) is 5.75 Å². The van der Waals surface area contributed by atoms with Crippen molar-refractivity contribution >= 4 is 17.5 Å². The van der Waals surface area contributed by atoms with Crippen molar-refractivity contribution in [3.8, 4) is 5.75 Å². The number of ether oxygens (including phenoxy) is 5. The van der Waals surface area contributed by atoms with E-state index >= 15 is 0 Å². The van der Waals surface area contributed by atoms with Gasteiger partial charge < -0.3 is 39.6 Å². The van der Waals surface area contributed by atoms with E-state index in [1.165, 1.54) is 6.92 Å². The van der Waals surface area contributed by atoms with E-state index in [1.807, 2.05) is 0 Å². The second-order valence-corrected chi connectivity index (χ2v) is 6.35. The van der Waals surface area contributed by atoms with Crippen LogP contribution in [0.1, 0.15) is 17.3 Å². The highest BCUT2D eigenvalue weighted by Crippen LogP contribution is 2.24. The van der Waals surface area contributed by atoms with Crippen molar-refractivity contribution in [1.29, 1.82) is 0 Å². The van der Waals surface area contributed by atoms with Gasteiger partial charge in [0, 0.05) is 32.6 Å². The zero-order valence-corrected chi connectivity index (χ0v) is 18.7. The SMILES string of the molecule is CNc1ccc(C(=O)NCCOCCOCCOCCOCCNC(C)=O)cc1OC. The second-order valence-electron chi connectivity index (χ2n) is 6.35. The molecule has 176 valence electrons. The molecule has 0 fully saturated rings. The molecule has 1 aromatic rings. The zero-order valence-electron chi connectivity index (χ0n) is 18.7. The summed E-state index contributed by atoms with van der Waals surface area (Å²) in [6.07, 6.45) is 0. The molecule has 0 saturated carbocycles. The molecular weight excluding hydrogens is 406 g/mol. The van der Waals surface area contributed by atoms with Crippen molar-refractivity contribution in [3.05, 3.63) is 23.8 Å². The van der Waals surface area contributed by atoms with Gasteiger partial charge in [0.25, 0.3) is 5.91 Å². The molecule has 10 nitrogen and oxygen atoms in total. The summed E-state index contributed by atoms with van der Waals surface area (Å²) in [4.78, 5) is 22.8. The molecule has 0 atom stereocenters. The lowest BCUT2D eigenvalue weighted by Gasteiger charge is -2.11. The minimum atomic E-state index is -0.183. The Bertz CT molecular complexity index is 643. The van der Waals surface area contributed by atoms with Gasteiger partial charge in [-0.2, -0.15) is 0 Å². The summed E-state index contributed by atoms with van der Waals surface area (Å²) in [6.45, 7) is 6.01. The number of amides is 2. The standard InChI is InChI=1S/C21H35N3O7/c1-17(25)23-6-8-28-10-12-30-14-15-31-13-11-29-9-7-24-21(26)18-4-5-19(22-2)20(16-18)27-3/h4-5,16,22H,6-15H2,1-3H3,(H,23,25)(H,24,26). The number of rotatable bonds is 18. The third-order valence-electron chi connectivity index (χ3n) is 4.00. The maximum atomic E-state index is 12.2. The smallest absolute Gasteiger partial charge is 0.251 e. The van der Waals surface area contributed by atoms with Crippen LogP contribution in [-0.2, 0) is 23.7 Å². The summed E-state index contributed by atoms with van der Waals surface area (Å²) in [5.74, 6) is 0.362. The predicted molar refractivity (Wildman–Crippen MR) is 117 cm³/mol.